The molecular weight excluding hydrogens is 192 g/mol. The van der Waals surface area contributed by atoms with E-state index in [-0.39, 0.29) is 11.6 Å². The molecule has 0 bridgehead atoms. The summed E-state index contributed by atoms with van der Waals surface area (Å²) in [7, 11) is 3.47. The predicted octanol–water partition coefficient (Wildman–Crippen LogP) is 1.06. The zero-order valence-electron chi connectivity index (χ0n) is 10.1. The van der Waals surface area contributed by atoms with Crippen molar-refractivity contribution in [3.8, 4) is 0 Å². The summed E-state index contributed by atoms with van der Waals surface area (Å²) in [6, 6.07) is 0.0789. The van der Waals surface area contributed by atoms with Gasteiger partial charge in [0, 0.05) is 14.2 Å². The van der Waals surface area contributed by atoms with Crippen LogP contribution in [0.1, 0.15) is 32.6 Å². The van der Waals surface area contributed by atoms with Gasteiger partial charge in [0.25, 0.3) is 0 Å². The van der Waals surface area contributed by atoms with E-state index in [0.717, 1.165) is 12.8 Å². The fourth-order valence-electron chi connectivity index (χ4n) is 2.71. The maximum atomic E-state index is 5.73. The van der Waals surface area contributed by atoms with Crippen molar-refractivity contribution in [1.82, 2.24) is 5.43 Å². The average molecular weight is 216 g/mol. The number of rotatable bonds is 5. The SMILES string of the molecule is COCC(NN)C1(OC)CCCC(C)C1. The first-order chi connectivity index (χ1) is 7.18. The Morgan fingerprint density at radius 2 is 2.27 bits per heavy atom. The van der Waals surface area contributed by atoms with E-state index in [1.54, 1.807) is 14.2 Å². The van der Waals surface area contributed by atoms with Crippen molar-refractivity contribution in [3.63, 3.8) is 0 Å². The Labute approximate surface area is 92.5 Å². The first-order valence-corrected chi connectivity index (χ1v) is 5.68. The van der Waals surface area contributed by atoms with Crippen molar-refractivity contribution in [2.24, 2.45) is 11.8 Å². The van der Waals surface area contributed by atoms with Crippen molar-refractivity contribution >= 4 is 0 Å². The molecule has 0 aromatic rings. The van der Waals surface area contributed by atoms with Gasteiger partial charge in [-0.3, -0.25) is 11.3 Å². The fraction of sp³-hybridized carbons (Fsp3) is 1.00. The van der Waals surface area contributed by atoms with Crippen molar-refractivity contribution in [3.05, 3.63) is 0 Å². The highest BCUT2D eigenvalue weighted by Crippen LogP contribution is 2.37. The van der Waals surface area contributed by atoms with Gasteiger partial charge in [0.05, 0.1) is 18.2 Å². The Balaban J connectivity index is 2.71. The number of nitrogens with one attached hydrogen (secondary N) is 1. The summed E-state index contributed by atoms with van der Waals surface area (Å²) in [5.74, 6) is 6.29. The van der Waals surface area contributed by atoms with Gasteiger partial charge in [0.15, 0.2) is 0 Å². The van der Waals surface area contributed by atoms with E-state index in [2.05, 4.69) is 12.3 Å². The fourth-order valence-corrected chi connectivity index (χ4v) is 2.71. The highest BCUT2D eigenvalue weighted by Gasteiger charge is 2.41. The van der Waals surface area contributed by atoms with Crippen LogP contribution in [0.4, 0.5) is 0 Å². The maximum Gasteiger partial charge on any atom is 0.0869 e. The number of hydrogen-bond acceptors (Lipinski definition) is 4. The molecule has 1 aliphatic rings. The lowest BCUT2D eigenvalue weighted by Crippen LogP contribution is -2.58. The van der Waals surface area contributed by atoms with Gasteiger partial charge in [-0.15, -0.1) is 0 Å². The second-order valence-electron chi connectivity index (χ2n) is 4.65. The zero-order chi connectivity index (χ0) is 11.3. The van der Waals surface area contributed by atoms with Crippen LogP contribution in [-0.2, 0) is 9.47 Å². The van der Waals surface area contributed by atoms with E-state index in [9.17, 15) is 0 Å². The molecule has 0 aliphatic heterocycles. The zero-order valence-corrected chi connectivity index (χ0v) is 10.1. The minimum Gasteiger partial charge on any atom is -0.383 e. The molecule has 3 atom stereocenters. The third-order valence-electron chi connectivity index (χ3n) is 3.57. The summed E-state index contributed by atoms with van der Waals surface area (Å²) in [4.78, 5) is 0. The van der Waals surface area contributed by atoms with E-state index >= 15 is 0 Å². The van der Waals surface area contributed by atoms with Gasteiger partial charge >= 0.3 is 0 Å². The number of ether oxygens (including phenoxy) is 2. The molecule has 1 aliphatic carbocycles. The standard InChI is InChI=1S/C11H24N2O2/c1-9-5-4-6-11(7-9,15-3)10(13-12)8-14-2/h9-10,13H,4-8,12H2,1-3H3. The van der Waals surface area contributed by atoms with Crippen LogP contribution in [0.3, 0.4) is 0 Å². The van der Waals surface area contributed by atoms with E-state index in [4.69, 9.17) is 15.3 Å². The summed E-state index contributed by atoms with van der Waals surface area (Å²) in [5, 5.41) is 0. The quantitative estimate of drug-likeness (QED) is 0.533. The molecule has 4 heteroatoms. The third kappa shape index (κ3) is 2.91. The molecule has 3 unspecified atom stereocenters. The van der Waals surface area contributed by atoms with Crippen LogP contribution in [-0.4, -0.2) is 32.5 Å². The highest BCUT2D eigenvalue weighted by molar-refractivity contribution is 4.96. The summed E-state index contributed by atoms with van der Waals surface area (Å²) in [6.45, 7) is 2.87. The van der Waals surface area contributed by atoms with Crippen molar-refractivity contribution in [2.45, 2.75) is 44.2 Å². The van der Waals surface area contributed by atoms with E-state index in [1.165, 1.54) is 12.8 Å². The first kappa shape index (κ1) is 12.9. The molecule has 0 heterocycles. The minimum atomic E-state index is -0.150. The molecule has 1 rings (SSSR count). The molecule has 90 valence electrons. The van der Waals surface area contributed by atoms with Gasteiger partial charge in [-0.2, -0.15) is 0 Å². The molecule has 1 saturated carbocycles. The Hall–Kier alpha value is -0.160. The van der Waals surface area contributed by atoms with Crippen LogP contribution >= 0.6 is 0 Å². The first-order valence-electron chi connectivity index (χ1n) is 5.68. The van der Waals surface area contributed by atoms with Crippen LogP contribution in [0.15, 0.2) is 0 Å². The number of hydrazine groups is 1. The summed E-state index contributed by atoms with van der Waals surface area (Å²) >= 11 is 0. The summed E-state index contributed by atoms with van der Waals surface area (Å²) < 4.78 is 10.9. The largest absolute Gasteiger partial charge is 0.383 e. The van der Waals surface area contributed by atoms with Gasteiger partial charge < -0.3 is 9.47 Å². The molecule has 0 amide bonds. The molecule has 0 radical (unpaired) electrons. The Kier molecular flexibility index (Phi) is 4.99. The number of nitrogens with two attached hydrogens (primary N) is 1. The van der Waals surface area contributed by atoms with Crippen molar-refractivity contribution in [1.29, 1.82) is 0 Å². The molecule has 0 aromatic carbocycles. The topological polar surface area (TPSA) is 56.5 Å². The Morgan fingerprint density at radius 1 is 1.53 bits per heavy atom. The maximum absolute atomic E-state index is 5.73. The smallest absolute Gasteiger partial charge is 0.0869 e. The summed E-state index contributed by atoms with van der Waals surface area (Å²) in [6.07, 6.45) is 4.61. The van der Waals surface area contributed by atoms with Gasteiger partial charge in [0.2, 0.25) is 0 Å². The predicted molar refractivity (Wildman–Crippen MR) is 60.4 cm³/mol. The monoisotopic (exact) mass is 216 g/mol. The van der Waals surface area contributed by atoms with Gasteiger partial charge in [0.1, 0.15) is 0 Å². The lowest BCUT2D eigenvalue weighted by molar-refractivity contribution is -0.0929. The molecule has 1 fully saturated rings. The highest BCUT2D eigenvalue weighted by atomic mass is 16.5. The Morgan fingerprint density at radius 3 is 2.73 bits per heavy atom. The Bertz CT molecular complexity index is 189. The molecule has 0 aromatic heterocycles. The second-order valence-corrected chi connectivity index (χ2v) is 4.65. The molecule has 0 spiro atoms. The third-order valence-corrected chi connectivity index (χ3v) is 3.57. The number of methoxy groups -OCH3 is 2. The van der Waals surface area contributed by atoms with Gasteiger partial charge in [-0.25, -0.2) is 0 Å². The normalized spacial score (nSPS) is 34.0. The lowest BCUT2D eigenvalue weighted by atomic mass is 9.75. The van der Waals surface area contributed by atoms with Gasteiger partial charge in [-0.1, -0.05) is 19.8 Å². The van der Waals surface area contributed by atoms with Crippen LogP contribution in [0.2, 0.25) is 0 Å². The number of hydrogen-bond donors (Lipinski definition) is 2. The minimum absolute atomic E-state index is 0.0789. The van der Waals surface area contributed by atoms with Crippen LogP contribution in [0.25, 0.3) is 0 Å². The summed E-state index contributed by atoms with van der Waals surface area (Å²) in [5.41, 5.74) is 2.68. The van der Waals surface area contributed by atoms with Crippen LogP contribution in [0.5, 0.6) is 0 Å². The molecule has 0 saturated heterocycles. The molecular formula is C11H24N2O2. The molecule has 3 N–H and O–H groups in total. The van der Waals surface area contributed by atoms with Crippen molar-refractivity contribution < 1.29 is 9.47 Å². The van der Waals surface area contributed by atoms with E-state index in [0.29, 0.717) is 12.5 Å². The molecule has 15 heavy (non-hydrogen) atoms. The van der Waals surface area contributed by atoms with E-state index < -0.39 is 0 Å². The average Bonchev–Trinajstić information content (AvgIpc) is 2.25. The van der Waals surface area contributed by atoms with E-state index in [1.807, 2.05) is 0 Å². The second kappa shape index (κ2) is 5.80. The van der Waals surface area contributed by atoms with Crippen molar-refractivity contribution in [2.75, 3.05) is 20.8 Å². The lowest BCUT2D eigenvalue weighted by Gasteiger charge is -2.44. The van der Waals surface area contributed by atoms with Crippen LogP contribution < -0.4 is 11.3 Å². The molecule has 4 nitrogen and oxygen atoms in total. The van der Waals surface area contributed by atoms with Crippen LogP contribution in [0, 0.1) is 5.92 Å². The van der Waals surface area contributed by atoms with Gasteiger partial charge in [-0.05, 0) is 18.8 Å².